The van der Waals surface area contributed by atoms with Gasteiger partial charge in [0, 0.05) is 51.2 Å². The minimum absolute atomic E-state index is 0.192. The number of aromatic hydroxyl groups is 1. The molecule has 130 valence electrons. The highest BCUT2D eigenvalue weighted by molar-refractivity contribution is 5.20. The van der Waals surface area contributed by atoms with Crippen LogP contribution in [0.5, 0.6) is 5.75 Å². The van der Waals surface area contributed by atoms with Crippen molar-refractivity contribution in [1.29, 1.82) is 0 Å². The topological polar surface area (TPSA) is 63.9 Å². The van der Waals surface area contributed by atoms with Crippen LogP contribution >= 0.6 is 0 Å². The van der Waals surface area contributed by atoms with Crippen molar-refractivity contribution in [2.24, 2.45) is 0 Å². The lowest BCUT2D eigenvalue weighted by Gasteiger charge is -2.27. The molecule has 0 aromatic carbocycles. The first-order valence-corrected chi connectivity index (χ1v) is 8.51. The van der Waals surface area contributed by atoms with Gasteiger partial charge in [-0.15, -0.1) is 0 Å². The van der Waals surface area contributed by atoms with Gasteiger partial charge in [0.1, 0.15) is 0 Å². The number of hydrogen-bond acceptors (Lipinski definition) is 5. The van der Waals surface area contributed by atoms with Crippen LogP contribution in [0.3, 0.4) is 0 Å². The number of aryl methyl sites for hydroxylation is 1. The number of ether oxygens (including phenoxy) is 2. The molecule has 0 bridgehead atoms. The Hall–Kier alpha value is -1.37. The highest BCUT2D eigenvalue weighted by Crippen LogP contribution is 2.10. The smallest absolute Gasteiger partial charge is 0.223 e. The summed E-state index contributed by atoms with van der Waals surface area (Å²) in [6, 6.07) is 1.54. The standard InChI is InChI=1S/C17H28N2O4/c1-2-3-8-22-9-4-5-19-14-17(21)16(20)12-15(19)13-18-6-10-23-11-7-18/h12,14,21H,2-11,13H2,1H3. The number of aromatic nitrogens is 1. The van der Waals surface area contributed by atoms with Gasteiger partial charge in [-0.1, -0.05) is 13.3 Å². The Bertz CT molecular complexity index is 524. The van der Waals surface area contributed by atoms with E-state index >= 15 is 0 Å². The maximum absolute atomic E-state index is 11.8. The molecule has 0 radical (unpaired) electrons. The van der Waals surface area contributed by atoms with Crippen molar-refractivity contribution in [3.8, 4) is 5.75 Å². The summed E-state index contributed by atoms with van der Waals surface area (Å²) in [6.07, 6.45) is 4.63. The van der Waals surface area contributed by atoms with Crippen LogP contribution in [0.25, 0.3) is 0 Å². The largest absolute Gasteiger partial charge is 0.503 e. The zero-order valence-electron chi connectivity index (χ0n) is 14.0. The molecule has 0 aliphatic carbocycles. The highest BCUT2D eigenvalue weighted by atomic mass is 16.5. The number of pyridine rings is 1. The number of nitrogens with zero attached hydrogens (tertiary/aromatic N) is 2. The normalized spacial score (nSPS) is 15.9. The van der Waals surface area contributed by atoms with Crippen LogP contribution in [0.1, 0.15) is 31.9 Å². The zero-order chi connectivity index (χ0) is 16.5. The van der Waals surface area contributed by atoms with Crippen LogP contribution in [-0.2, 0) is 22.6 Å². The summed E-state index contributed by atoms with van der Waals surface area (Å²) in [5, 5.41) is 9.70. The van der Waals surface area contributed by atoms with Crippen molar-refractivity contribution >= 4 is 0 Å². The first-order valence-electron chi connectivity index (χ1n) is 8.51. The molecule has 1 aliphatic rings. The first-order chi connectivity index (χ1) is 11.2. The van der Waals surface area contributed by atoms with Gasteiger partial charge in [0.05, 0.1) is 19.4 Å². The van der Waals surface area contributed by atoms with E-state index in [9.17, 15) is 9.90 Å². The molecule has 0 atom stereocenters. The van der Waals surface area contributed by atoms with Gasteiger partial charge < -0.3 is 19.1 Å². The van der Waals surface area contributed by atoms with E-state index in [-0.39, 0.29) is 11.2 Å². The average Bonchev–Trinajstić information content (AvgIpc) is 2.56. The van der Waals surface area contributed by atoms with Gasteiger partial charge in [-0.05, 0) is 12.8 Å². The van der Waals surface area contributed by atoms with Crippen molar-refractivity contribution in [2.75, 3.05) is 39.5 Å². The van der Waals surface area contributed by atoms with E-state index in [1.807, 2.05) is 4.57 Å². The fourth-order valence-electron chi connectivity index (χ4n) is 2.62. The summed E-state index contributed by atoms with van der Waals surface area (Å²) < 4.78 is 12.9. The van der Waals surface area contributed by atoms with E-state index in [4.69, 9.17) is 9.47 Å². The summed E-state index contributed by atoms with van der Waals surface area (Å²) in [6.45, 7) is 8.28. The lowest BCUT2D eigenvalue weighted by atomic mass is 10.2. The van der Waals surface area contributed by atoms with E-state index in [1.165, 1.54) is 0 Å². The predicted octanol–water partition coefficient (Wildman–Crippen LogP) is 1.59. The number of unbranched alkanes of at least 4 members (excludes halogenated alkanes) is 1. The first kappa shape index (κ1) is 18.0. The fraction of sp³-hybridized carbons (Fsp3) is 0.706. The fourth-order valence-corrected chi connectivity index (χ4v) is 2.62. The van der Waals surface area contributed by atoms with Crippen molar-refractivity contribution < 1.29 is 14.6 Å². The lowest BCUT2D eigenvalue weighted by Crippen LogP contribution is -2.36. The Morgan fingerprint density at radius 3 is 2.74 bits per heavy atom. The summed E-state index contributed by atoms with van der Waals surface area (Å²) >= 11 is 0. The van der Waals surface area contributed by atoms with Gasteiger partial charge in [-0.25, -0.2) is 0 Å². The van der Waals surface area contributed by atoms with Crippen LogP contribution in [0.15, 0.2) is 17.1 Å². The molecule has 1 aromatic heterocycles. The van der Waals surface area contributed by atoms with Crippen LogP contribution in [0.2, 0.25) is 0 Å². The van der Waals surface area contributed by atoms with Gasteiger partial charge in [-0.3, -0.25) is 9.69 Å². The minimum atomic E-state index is -0.316. The Labute approximate surface area is 137 Å². The third-order valence-corrected chi connectivity index (χ3v) is 4.02. The minimum Gasteiger partial charge on any atom is -0.503 e. The van der Waals surface area contributed by atoms with Crippen molar-refractivity contribution in [3.05, 3.63) is 28.2 Å². The van der Waals surface area contributed by atoms with Crippen molar-refractivity contribution in [1.82, 2.24) is 9.47 Å². The number of rotatable bonds is 9. The Balaban J connectivity index is 1.93. The molecule has 0 saturated carbocycles. The van der Waals surface area contributed by atoms with Crippen LogP contribution in [0, 0.1) is 0 Å². The molecule has 1 N–H and O–H groups in total. The molecule has 1 aliphatic heterocycles. The Kier molecular flexibility index (Phi) is 7.58. The lowest BCUT2D eigenvalue weighted by molar-refractivity contribution is 0.0330. The summed E-state index contributed by atoms with van der Waals surface area (Å²) in [5.74, 6) is -0.192. The van der Waals surface area contributed by atoms with E-state index in [1.54, 1.807) is 12.3 Å². The maximum atomic E-state index is 11.8. The maximum Gasteiger partial charge on any atom is 0.223 e. The van der Waals surface area contributed by atoms with Crippen LogP contribution < -0.4 is 5.43 Å². The summed E-state index contributed by atoms with van der Waals surface area (Å²) in [7, 11) is 0. The van der Waals surface area contributed by atoms with E-state index in [0.29, 0.717) is 13.2 Å². The molecule has 1 aromatic rings. The average molecular weight is 324 g/mol. The Morgan fingerprint density at radius 1 is 1.26 bits per heavy atom. The van der Waals surface area contributed by atoms with E-state index in [0.717, 1.165) is 64.4 Å². The van der Waals surface area contributed by atoms with Gasteiger partial charge >= 0.3 is 0 Å². The molecule has 2 rings (SSSR count). The second-order valence-electron chi connectivity index (χ2n) is 5.92. The highest BCUT2D eigenvalue weighted by Gasteiger charge is 2.14. The molecule has 1 saturated heterocycles. The van der Waals surface area contributed by atoms with Gasteiger partial charge in [0.15, 0.2) is 5.75 Å². The molecule has 6 nitrogen and oxygen atoms in total. The van der Waals surface area contributed by atoms with Gasteiger partial charge in [0.25, 0.3) is 0 Å². The molecule has 0 unspecified atom stereocenters. The second-order valence-corrected chi connectivity index (χ2v) is 5.92. The summed E-state index contributed by atoms with van der Waals surface area (Å²) in [5.41, 5.74) is 0.618. The van der Waals surface area contributed by atoms with Gasteiger partial charge in [0.2, 0.25) is 5.43 Å². The molecular formula is C17H28N2O4. The SMILES string of the molecule is CCCCOCCCn1cc(O)c(=O)cc1CN1CCOCC1. The van der Waals surface area contributed by atoms with Crippen molar-refractivity contribution in [2.45, 2.75) is 39.3 Å². The summed E-state index contributed by atoms with van der Waals surface area (Å²) in [4.78, 5) is 14.0. The molecular weight excluding hydrogens is 296 g/mol. The predicted molar refractivity (Wildman–Crippen MR) is 88.8 cm³/mol. The van der Waals surface area contributed by atoms with Crippen LogP contribution in [0.4, 0.5) is 0 Å². The quantitative estimate of drug-likeness (QED) is 0.699. The van der Waals surface area contributed by atoms with Crippen LogP contribution in [-0.4, -0.2) is 54.1 Å². The third-order valence-electron chi connectivity index (χ3n) is 4.02. The molecule has 2 heterocycles. The molecule has 0 spiro atoms. The number of morpholine rings is 1. The van der Waals surface area contributed by atoms with E-state index < -0.39 is 0 Å². The molecule has 0 amide bonds. The van der Waals surface area contributed by atoms with E-state index in [2.05, 4.69) is 11.8 Å². The van der Waals surface area contributed by atoms with Crippen molar-refractivity contribution in [3.63, 3.8) is 0 Å². The second kappa shape index (κ2) is 9.70. The molecule has 23 heavy (non-hydrogen) atoms. The van der Waals surface area contributed by atoms with Gasteiger partial charge in [-0.2, -0.15) is 0 Å². The molecule has 6 heteroatoms. The zero-order valence-corrected chi connectivity index (χ0v) is 14.0. The third kappa shape index (κ3) is 5.97. The molecule has 1 fully saturated rings. The number of hydrogen-bond donors (Lipinski definition) is 1. The monoisotopic (exact) mass is 324 g/mol. The Morgan fingerprint density at radius 2 is 2.00 bits per heavy atom.